The highest BCUT2D eigenvalue weighted by Gasteiger charge is 2.11. The largest absolute Gasteiger partial charge is 0.0683 e. The van der Waals surface area contributed by atoms with E-state index in [1.54, 1.807) is 0 Å². The summed E-state index contributed by atoms with van der Waals surface area (Å²) in [5, 5.41) is 32.2. The quantitative estimate of drug-likeness (QED) is 0.133. The number of hydrogen-bond donors (Lipinski definition) is 0. The fourth-order valence-corrected chi connectivity index (χ4v) is 12.1. The van der Waals surface area contributed by atoms with E-state index < -0.39 is 0 Å². The van der Waals surface area contributed by atoms with Crippen LogP contribution in [0.1, 0.15) is 147 Å². The molecule has 0 fully saturated rings. The molecule has 0 heteroatoms. The van der Waals surface area contributed by atoms with Gasteiger partial charge in [0.1, 0.15) is 0 Å². The summed E-state index contributed by atoms with van der Waals surface area (Å²) in [6.07, 6.45) is 0. The molecule has 486 valence electrons. The van der Waals surface area contributed by atoms with Crippen molar-refractivity contribution in [1.29, 1.82) is 0 Å². The van der Waals surface area contributed by atoms with E-state index in [1.165, 1.54) is 152 Å². The Kier molecular flexibility index (Phi) is 33.3. The summed E-state index contributed by atoms with van der Waals surface area (Å²) in [6, 6.07) is 96.4. The van der Waals surface area contributed by atoms with Crippen molar-refractivity contribution in [1.82, 2.24) is 0 Å². The van der Waals surface area contributed by atoms with Gasteiger partial charge in [0.2, 0.25) is 0 Å². The van der Waals surface area contributed by atoms with Crippen LogP contribution in [-0.2, 0) is 0 Å². The second-order valence-electron chi connectivity index (χ2n) is 20.6. The fourth-order valence-electron chi connectivity index (χ4n) is 12.1. The Labute approximate surface area is 567 Å². The summed E-state index contributed by atoms with van der Waals surface area (Å²) in [4.78, 5) is 0. The molecule has 94 heavy (non-hydrogen) atoms. The van der Waals surface area contributed by atoms with Crippen molar-refractivity contribution in [3.63, 3.8) is 0 Å². The minimum atomic E-state index is 1.31. The molecule has 0 aliphatic rings. The van der Waals surface area contributed by atoms with Gasteiger partial charge in [-0.05, 0) is 168 Å². The molecule has 0 saturated carbocycles. The zero-order valence-corrected chi connectivity index (χ0v) is 61.4. The number of rotatable bonds is 0. The van der Waals surface area contributed by atoms with Crippen molar-refractivity contribution in [2.45, 2.75) is 152 Å². The monoisotopic (exact) mass is 1240 g/mol. The average Bonchev–Trinajstić information content (AvgIpc) is 0.784. The average molecular weight is 1240 g/mol. The lowest BCUT2D eigenvalue weighted by Gasteiger charge is -2.10. The van der Waals surface area contributed by atoms with Crippen molar-refractivity contribution in [2.24, 2.45) is 0 Å². The van der Waals surface area contributed by atoms with Crippen LogP contribution in [-0.4, -0.2) is 0 Å². The second-order valence-corrected chi connectivity index (χ2v) is 20.6. The maximum atomic E-state index is 2.30. The Hall–Kier alpha value is -9.36. The van der Waals surface area contributed by atoms with Gasteiger partial charge in [-0.1, -0.05) is 403 Å². The van der Waals surface area contributed by atoms with Gasteiger partial charge < -0.3 is 0 Å². The Bertz CT molecular complexity index is 4840. The molecule has 0 N–H and O–H groups in total. The van der Waals surface area contributed by atoms with Gasteiger partial charge in [0.15, 0.2) is 0 Å². The minimum Gasteiger partial charge on any atom is -0.0683 e. The number of aryl methyl sites for hydroxylation is 4. The number of benzene rings is 16. The van der Waals surface area contributed by atoms with Crippen LogP contribution >= 0.6 is 0 Å². The molecule has 16 rings (SSSR count). The first-order valence-electron chi connectivity index (χ1n) is 35.6. The Morgan fingerprint density at radius 3 is 0.851 bits per heavy atom. The number of hydrogen-bond acceptors (Lipinski definition) is 0. The van der Waals surface area contributed by atoms with E-state index in [4.69, 9.17) is 0 Å². The van der Waals surface area contributed by atoms with Crippen LogP contribution in [0, 0.1) is 27.7 Å². The van der Waals surface area contributed by atoms with E-state index in [0.717, 1.165) is 0 Å². The first-order valence-corrected chi connectivity index (χ1v) is 35.6. The van der Waals surface area contributed by atoms with E-state index in [1.807, 2.05) is 125 Å². The van der Waals surface area contributed by atoms with E-state index in [-0.39, 0.29) is 0 Å². The first-order chi connectivity index (χ1) is 46.4. The lowest BCUT2D eigenvalue weighted by Crippen LogP contribution is -1.84. The molecular weight excluding hydrogens is 1130 g/mol. The molecule has 0 saturated heterocycles. The second kappa shape index (κ2) is 40.6. The molecule has 0 amide bonds. The molecule has 16 aromatic rings. The molecule has 16 aromatic carbocycles. The van der Waals surface area contributed by atoms with Crippen LogP contribution in [0.5, 0.6) is 0 Å². The lowest BCUT2D eigenvalue weighted by molar-refractivity contribution is 1.50. The van der Waals surface area contributed by atoms with Crippen LogP contribution in [0.4, 0.5) is 0 Å². The highest BCUT2D eigenvalue weighted by atomic mass is 14.1. The van der Waals surface area contributed by atoms with E-state index in [2.05, 4.69) is 295 Å². The molecular formula is C94H110. The van der Waals surface area contributed by atoms with Crippen LogP contribution < -0.4 is 0 Å². The lowest BCUT2D eigenvalue weighted by atomic mass is 9.93. The number of fused-ring (bicyclic) bond motifs is 21. The third-order valence-corrected chi connectivity index (χ3v) is 15.7. The summed E-state index contributed by atoms with van der Waals surface area (Å²) in [7, 11) is 0. The summed E-state index contributed by atoms with van der Waals surface area (Å²) < 4.78 is 0. The minimum absolute atomic E-state index is 1.31. The van der Waals surface area contributed by atoms with Gasteiger partial charge in [0.05, 0.1) is 0 Å². The normalized spacial score (nSPS) is 9.81. The smallest absolute Gasteiger partial charge is 0.00242 e. The molecule has 0 aliphatic heterocycles. The van der Waals surface area contributed by atoms with Crippen LogP contribution in [0.3, 0.4) is 0 Å². The van der Waals surface area contributed by atoms with Gasteiger partial charge in [-0.2, -0.15) is 0 Å². The predicted octanol–water partition coefficient (Wildman–Crippen LogP) is 31.1. The zero-order chi connectivity index (χ0) is 69.3. The molecule has 0 aromatic heterocycles. The summed E-state index contributed by atoms with van der Waals surface area (Å²) in [5.74, 6) is 0. The van der Waals surface area contributed by atoms with Crippen LogP contribution in [0.2, 0.25) is 0 Å². The summed E-state index contributed by atoms with van der Waals surface area (Å²) in [6.45, 7) is 44.7. The van der Waals surface area contributed by atoms with Crippen LogP contribution in [0.25, 0.3) is 129 Å². The molecule has 0 spiro atoms. The summed E-state index contributed by atoms with van der Waals surface area (Å²) >= 11 is 0. The Morgan fingerprint density at radius 2 is 0.383 bits per heavy atom. The van der Waals surface area contributed by atoms with Crippen molar-refractivity contribution in [2.75, 3.05) is 0 Å². The molecule has 0 atom stereocenters. The Morgan fingerprint density at radius 1 is 0.138 bits per heavy atom. The SMILES string of the molecule is CC.CC.CC.CC.CC.CC.CC.CC.CC.Cc1cc2ccc3ccccc3c2c2ccccc12.Cc1cc2ccccc2c2c1ccc1ccccc12.Cc1ccc2c(ccc3ccc4ccccc4c32)c1.Cc1ccc2c3ccccc3c3ccccc3c2c1. The van der Waals surface area contributed by atoms with Gasteiger partial charge in [-0.15, -0.1) is 0 Å². The predicted molar refractivity (Wildman–Crippen MR) is 437 cm³/mol. The van der Waals surface area contributed by atoms with Gasteiger partial charge in [0.25, 0.3) is 0 Å². The topological polar surface area (TPSA) is 0 Å². The molecule has 0 aliphatic carbocycles. The van der Waals surface area contributed by atoms with Crippen molar-refractivity contribution in [3.05, 3.63) is 289 Å². The summed E-state index contributed by atoms with van der Waals surface area (Å²) in [5.41, 5.74) is 5.32. The maximum absolute atomic E-state index is 2.30. The van der Waals surface area contributed by atoms with E-state index >= 15 is 0 Å². The molecule has 0 heterocycles. The molecule has 0 unspecified atom stereocenters. The standard InChI is InChI=1S/4C19H14.9C2H6/c1-13-12-15-7-3-5-9-18(15)19-16(13)11-10-14-6-2-4-8-17(14)19;1-13-12-15-11-10-14-6-2-3-8-17(14)19(15)18-9-5-4-7-16(13)18;1-13-10-11-18-16-8-3-2-6-14(16)15-7-4-5-9-17(15)19(18)12-13;1-13-6-11-18-16(12-13)10-9-15-8-7-14-4-2-3-5-17(14)19(15)18;9*1-2/h4*2-12H,1H3;9*1-2H3. The van der Waals surface area contributed by atoms with Gasteiger partial charge in [-0.25, -0.2) is 0 Å². The first kappa shape index (κ1) is 77.1. The van der Waals surface area contributed by atoms with Crippen LogP contribution in [0.15, 0.2) is 267 Å². The Balaban J connectivity index is 0.000000247. The van der Waals surface area contributed by atoms with E-state index in [0.29, 0.717) is 0 Å². The van der Waals surface area contributed by atoms with Gasteiger partial charge >= 0.3 is 0 Å². The van der Waals surface area contributed by atoms with Gasteiger partial charge in [0, 0.05) is 0 Å². The fraction of sp³-hybridized carbons (Fsp3) is 0.234. The highest BCUT2D eigenvalue weighted by molar-refractivity contribution is 6.26. The van der Waals surface area contributed by atoms with Crippen molar-refractivity contribution >= 4 is 129 Å². The third-order valence-electron chi connectivity index (χ3n) is 15.7. The molecule has 0 nitrogen and oxygen atoms in total. The molecule has 0 bridgehead atoms. The van der Waals surface area contributed by atoms with Crippen molar-refractivity contribution in [3.8, 4) is 0 Å². The maximum Gasteiger partial charge on any atom is -0.00242 e. The highest BCUT2D eigenvalue weighted by Crippen LogP contribution is 2.38. The van der Waals surface area contributed by atoms with Crippen molar-refractivity contribution < 1.29 is 0 Å². The molecule has 0 radical (unpaired) electrons. The third kappa shape index (κ3) is 17.5. The van der Waals surface area contributed by atoms with Gasteiger partial charge in [-0.3, -0.25) is 0 Å². The zero-order valence-electron chi connectivity index (χ0n) is 61.4. The van der Waals surface area contributed by atoms with E-state index in [9.17, 15) is 0 Å².